The van der Waals surface area contributed by atoms with Crippen molar-refractivity contribution in [1.29, 1.82) is 0 Å². The van der Waals surface area contributed by atoms with Crippen LogP contribution >= 0.6 is 0 Å². The minimum Gasteiger partial charge on any atom is -0.496 e. The summed E-state index contributed by atoms with van der Waals surface area (Å²) >= 11 is 0. The van der Waals surface area contributed by atoms with Crippen LogP contribution in [0.5, 0.6) is 11.5 Å². The van der Waals surface area contributed by atoms with E-state index in [0.29, 0.717) is 42.7 Å². The first-order chi connectivity index (χ1) is 11.6. The zero-order valence-corrected chi connectivity index (χ0v) is 13.9. The first-order valence-electron chi connectivity index (χ1n) is 7.58. The predicted octanol–water partition coefficient (Wildman–Crippen LogP) is 1.61. The van der Waals surface area contributed by atoms with E-state index >= 15 is 0 Å². The molecule has 0 aliphatic carbocycles. The molecule has 24 heavy (non-hydrogen) atoms. The molecule has 0 heterocycles. The monoisotopic (exact) mass is 337 g/mol. The Kier molecular flexibility index (Phi) is 8.91. The predicted molar refractivity (Wildman–Crippen MR) is 88.3 cm³/mol. The van der Waals surface area contributed by atoms with E-state index in [2.05, 4.69) is 10.5 Å². The van der Waals surface area contributed by atoms with Gasteiger partial charge in [-0.25, -0.2) is 10.9 Å². The average Bonchev–Trinajstić information content (AvgIpc) is 2.61. The van der Waals surface area contributed by atoms with Gasteiger partial charge in [-0.1, -0.05) is 12.5 Å². The van der Waals surface area contributed by atoms with E-state index in [1.807, 2.05) is 0 Å². The van der Waals surface area contributed by atoms with Gasteiger partial charge in [-0.3, -0.25) is 14.8 Å². The van der Waals surface area contributed by atoms with Gasteiger partial charge in [-0.2, -0.15) is 5.10 Å². The lowest BCUT2D eigenvalue weighted by molar-refractivity contribution is -0.129. The highest BCUT2D eigenvalue weighted by Crippen LogP contribution is 2.25. The Morgan fingerprint density at radius 2 is 1.67 bits per heavy atom. The maximum atomic E-state index is 11.7. The van der Waals surface area contributed by atoms with Gasteiger partial charge in [-0.15, -0.1) is 0 Å². The van der Waals surface area contributed by atoms with E-state index in [1.165, 1.54) is 6.21 Å². The molecule has 0 saturated carbocycles. The Hall–Kier alpha value is -2.61. The molecule has 0 aromatic heterocycles. The molecule has 0 saturated heterocycles. The van der Waals surface area contributed by atoms with E-state index in [4.69, 9.17) is 14.7 Å². The number of nitrogens with one attached hydrogen (secondary N) is 2. The van der Waals surface area contributed by atoms with Crippen LogP contribution in [0.2, 0.25) is 0 Å². The number of hydroxylamine groups is 1. The van der Waals surface area contributed by atoms with Gasteiger partial charge in [0.25, 0.3) is 0 Å². The van der Waals surface area contributed by atoms with E-state index in [9.17, 15) is 9.59 Å². The molecule has 0 aliphatic heterocycles. The zero-order chi connectivity index (χ0) is 17.8. The summed E-state index contributed by atoms with van der Waals surface area (Å²) in [5, 5.41) is 12.3. The summed E-state index contributed by atoms with van der Waals surface area (Å²) in [6, 6.07) is 5.34. The van der Waals surface area contributed by atoms with Crippen molar-refractivity contribution in [3.63, 3.8) is 0 Å². The van der Waals surface area contributed by atoms with Crippen molar-refractivity contribution in [3.05, 3.63) is 23.8 Å². The van der Waals surface area contributed by atoms with Gasteiger partial charge >= 0.3 is 0 Å². The van der Waals surface area contributed by atoms with Crippen molar-refractivity contribution in [1.82, 2.24) is 10.9 Å². The molecule has 2 amide bonds. The van der Waals surface area contributed by atoms with Crippen molar-refractivity contribution >= 4 is 18.0 Å². The van der Waals surface area contributed by atoms with Crippen molar-refractivity contribution < 1.29 is 24.3 Å². The Balaban J connectivity index is 2.39. The number of ether oxygens (including phenoxy) is 2. The van der Waals surface area contributed by atoms with Gasteiger partial charge in [0.15, 0.2) is 0 Å². The smallest absolute Gasteiger partial charge is 0.243 e. The van der Waals surface area contributed by atoms with Crippen LogP contribution in [-0.4, -0.2) is 37.5 Å². The van der Waals surface area contributed by atoms with Crippen LogP contribution in [0.25, 0.3) is 0 Å². The number of methoxy groups -OCH3 is 2. The SMILES string of the molecule is COc1cccc(OC)c1/C=N/NC(=O)CCCCCC(=O)NO. The summed E-state index contributed by atoms with van der Waals surface area (Å²) in [4.78, 5) is 22.5. The lowest BCUT2D eigenvalue weighted by Crippen LogP contribution is -2.18. The lowest BCUT2D eigenvalue weighted by atomic mass is 10.1. The third-order valence-corrected chi connectivity index (χ3v) is 3.28. The molecule has 0 atom stereocenters. The average molecular weight is 337 g/mol. The summed E-state index contributed by atoms with van der Waals surface area (Å²) in [5.41, 5.74) is 4.65. The molecule has 1 rings (SSSR count). The molecule has 3 N–H and O–H groups in total. The number of hydrogen-bond acceptors (Lipinski definition) is 6. The fraction of sp³-hybridized carbons (Fsp3) is 0.438. The number of carbonyl (C=O) groups excluding carboxylic acids is 2. The minimum absolute atomic E-state index is 0.216. The van der Waals surface area contributed by atoms with Crippen molar-refractivity contribution in [2.75, 3.05) is 14.2 Å². The summed E-state index contributed by atoms with van der Waals surface area (Å²) in [6.45, 7) is 0. The second kappa shape index (κ2) is 11.0. The highest BCUT2D eigenvalue weighted by Gasteiger charge is 2.07. The fourth-order valence-corrected chi connectivity index (χ4v) is 2.04. The maximum absolute atomic E-state index is 11.7. The number of hydrogen-bond donors (Lipinski definition) is 3. The largest absolute Gasteiger partial charge is 0.496 e. The first kappa shape index (κ1) is 19.4. The highest BCUT2D eigenvalue weighted by molar-refractivity contribution is 5.88. The van der Waals surface area contributed by atoms with Crippen LogP contribution in [0, 0.1) is 0 Å². The quantitative estimate of drug-likeness (QED) is 0.260. The third-order valence-electron chi connectivity index (χ3n) is 3.28. The summed E-state index contributed by atoms with van der Waals surface area (Å²) in [6.07, 6.45) is 3.98. The molecule has 1 aromatic carbocycles. The molecule has 0 unspecified atom stereocenters. The molecule has 0 aliphatic rings. The van der Waals surface area contributed by atoms with Gasteiger partial charge in [0.1, 0.15) is 11.5 Å². The number of nitrogens with zero attached hydrogens (tertiary/aromatic N) is 1. The number of amides is 2. The first-order valence-corrected chi connectivity index (χ1v) is 7.58. The molecule has 0 fully saturated rings. The molecule has 1 aromatic rings. The Labute approximate surface area is 140 Å². The van der Waals surface area contributed by atoms with Crippen LogP contribution in [0.1, 0.15) is 37.7 Å². The lowest BCUT2D eigenvalue weighted by Gasteiger charge is -2.09. The van der Waals surface area contributed by atoms with Gasteiger partial charge in [-0.05, 0) is 25.0 Å². The zero-order valence-electron chi connectivity index (χ0n) is 13.9. The summed E-state index contributed by atoms with van der Waals surface area (Å²) in [5.74, 6) is 0.547. The third kappa shape index (κ3) is 6.66. The second-order valence-corrected chi connectivity index (χ2v) is 4.97. The number of unbranched alkanes of at least 4 members (excludes halogenated alkanes) is 2. The number of rotatable bonds is 10. The van der Waals surface area contributed by atoms with E-state index in [1.54, 1.807) is 37.9 Å². The molecule has 0 bridgehead atoms. The minimum atomic E-state index is -0.421. The van der Waals surface area contributed by atoms with Gasteiger partial charge in [0.05, 0.1) is 26.0 Å². The number of hydrazone groups is 1. The van der Waals surface area contributed by atoms with Crippen molar-refractivity contribution in [2.45, 2.75) is 32.1 Å². The molecular formula is C16H23N3O5. The fourth-order valence-electron chi connectivity index (χ4n) is 2.04. The molecule has 0 radical (unpaired) electrons. The standard InChI is InChI=1S/C16H23N3O5/c1-23-13-7-6-8-14(24-2)12(13)11-17-18-15(20)9-4-3-5-10-16(21)19-22/h6-8,11,22H,3-5,9-10H2,1-2H3,(H,18,20)(H,19,21)/b17-11+. The van der Waals surface area contributed by atoms with Crippen molar-refractivity contribution in [3.8, 4) is 11.5 Å². The number of benzene rings is 1. The Morgan fingerprint density at radius 1 is 1.08 bits per heavy atom. The van der Waals surface area contributed by atoms with Crippen molar-refractivity contribution in [2.24, 2.45) is 5.10 Å². The van der Waals surface area contributed by atoms with Gasteiger partial charge in [0, 0.05) is 12.8 Å². The van der Waals surface area contributed by atoms with Gasteiger partial charge in [0.2, 0.25) is 11.8 Å². The van der Waals surface area contributed by atoms with E-state index < -0.39 is 5.91 Å². The highest BCUT2D eigenvalue weighted by atomic mass is 16.5. The Bertz CT molecular complexity index is 553. The van der Waals surface area contributed by atoms with Crippen LogP contribution in [0.15, 0.2) is 23.3 Å². The molecule has 132 valence electrons. The van der Waals surface area contributed by atoms with Crippen LogP contribution in [0.3, 0.4) is 0 Å². The van der Waals surface area contributed by atoms with Crippen LogP contribution in [-0.2, 0) is 9.59 Å². The van der Waals surface area contributed by atoms with Crippen LogP contribution < -0.4 is 20.4 Å². The summed E-state index contributed by atoms with van der Waals surface area (Å²) < 4.78 is 10.5. The van der Waals surface area contributed by atoms with E-state index in [-0.39, 0.29) is 12.3 Å². The normalized spacial score (nSPS) is 10.5. The van der Waals surface area contributed by atoms with Crippen LogP contribution in [0.4, 0.5) is 0 Å². The Morgan fingerprint density at radius 3 is 2.21 bits per heavy atom. The topological polar surface area (TPSA) is 109 Å². The molecule has 0 spiro atoms. The molecular weight excluding hydrogens is 314 g/mol. The van der Waals surface area contributed by atoms with E-state index in [0.717, 1.165) is 0 Å². The molecule has 8 nitrogen and oxygen atoms in total. The molecule has 8 heteroatoms. The second-order valence-electron chi connectivity index (χ2n) is 4.97. The van der Waals surface area contributed by atoms with Gasteiger partial charge < -0.3 is 9.47 Å². The summed E-state index contributed by atoms with van der Waals surface area (Å²) in [7, 11) is 3.09. The number of carbonyl (C=O) groups is 2. The maximum Gasteiger partial charge on any atom is 0.243 e.